The molecule has 0 spiro atoms. The minimum atomic E-state index is -0.989. The van der Waals surface area contributed by atoms with E-state index >= 15 is 0 Å². The summed E-state index contributed by atoms with van der Waals surface area (Å²) in [6, 6.07) is 4.27. The van der Waals surface area contributed by atoms with Gasteiger partial charge < -0.3 is 19.7 Å². The number of non-ortho nitro benzene ring substituents is 1. The van der Waals surface area contributed by atoms with E-state index in [1.165, 1.54) is 23.2 Å². The fraction of sp³-hybridized carbons (Fsp3) is 0.333. The topological polar surface area (TPSA) is 126 Å². The Morgan fingerprint density at radius 1 is 1.46 bits per heavy atom. The van der Waals surface area contributed by atoms with Crippen molar-refractivity contribution in [1.82, 2.24) is 9.88 Å². The zero-order chi connectivity index (χ0) is 17.3. The fourth-order valence-corrected chi connectivity index (χ4v) is 2.79. The van der Waals surface area contributed by atoms with Crippen LogP contribution < -0.4 is 0 Å². The van der Waals surface area contributed by atoms with Crippen molar-refractivity contribution in [2.45, 2.75) is 12.5 Å². The Morgan fingerprint density at radius 2 is 2.25 bits per heavy atom. The number of aromatic nitrogens is 1. The number of nitrogens with one attached hydrogen (secondary N) is 1. The molecule has 126 valence electrons. The van der Waals surface area contributed by atoms with Crippen molar-refractivity contribution in [2.24, 2.45) is 0 Å². The first-order chi connectivity index (χ1) is 11.5. The number of aliphatic carboxylic acids is 1. The van der Waals surface area contributed by atoms with Crippen molar-refractivity contribution in [3.63, 3.8) is 0 Å². The highest BCUT2D eigenvalue weighted by Gasteiger charge is 2.28. The van der Waals surface area contributed by atoms with Gasteiger partial charge in [0.2, 0.25) is 0 Å². The number of nitrogens with zero attached hydrogens (tertiary/aromatic N) is 2. The van der Waals surface area contributed by atoms with E-state index in [0.29, 0.717) is 23.0 Å². The van der Waals surface area contributed by atoms with Crippen LogP contribution in [-0.2, 0) is 9.53 Å². The molecule has 1 unspecified atom stereocenters. The van der Waals surface area contributed by atoms with E-state index in [1.807, 2.05) is 0 Å². The van der Waals surface area contributed by atoms with Crippen molar-refractivity contribution >= 4 is 28.5 Å². The third-order valence-electron chi connectivity index (χ3n) is 3.93. The van der Waals surface area contributed by atoms with Crippen molar-refractivity contribution < 1.29 is 24.4 Å². The molecule has 0 radical (unpaired) electrons. The van der Waals surface area contributed by atoms with E-state index in [4.69, 9.17) is 9.84 Å². The Labute approximate surface area is 136 Å². The van der Waals surface area contributed by atoms with Crippen LogP contribution in [0.25, 0.3) is 10.9 Å². The van der Waals surface area contributed by atoms with Crippen molar-refractivity contribution in [2.75, 3.05) is 19.7 Å². The van der Waals surface area contributed by atoms with Gasteiger partial charge >= 0.3 is 5.97 Å². The maximum Gasteiger partial charge on any atom is 0.306 e. The quantitative estimate of drug-likeness (QED) is 0.643. The molecule has 1 aliphatic heterocycles. The molecule has 2 heterocycles. The first kappa shape index (κ1) is 15.9. The number of fused-ring (bicyclic) bond motifs is 1. The van der Waals surface area contributed by atoms with Gasteiger partial charge in [-0.3, -0.25) is 19.7 Å². The number of hydrogen-bond acceptors (Lipinski definition) is 5. The lowest BCUT2D eigenvalue weighted by atomic mass is 10.1. The number of hydrogen-bond donors (Lipinski definition) is 2. The maximum atomic E-state index is 12.7. The summed E-state index contributed by atoms with van der Waals surface area (Å²) in [4.78, 5) is 38.4. The lowest BCUT2D eigenvalue weighted by Crippen LogP contribution is -2.46. The predicted octanol–water partition coefficient (Wildman–Crippen LogP) is 1.39. The fourth-order valence-electron chi connectivity index (χ4n) is 2.79. The smallest absolute Gasteiger partial charge is 0.306 e. The summed E-state index contributed by atoms with van der Waals surface area (Å²) in [6.07, 6.45) is 0.779. The highest BCUT2D eigenvalue weighted by molar-refractivity contribution is 6.07. The van der Waals surface area contributed by atoms with Gasteiger partial charge in [-0.2, -0.15) is 0 Å². The molecule has 1 atom stereocenters. The minimum Gasteiger partial charge on any atom is -0.481 e. The number of amides is 1. The summed E-state index contributed by atoms with van der Waals surface area (Å²) in [5.74, 6) is -1.29. The zero-order valence-electron chi connectivity index (χ0n) is 12.6. The SMILES string of the molecule is O=C(O)CC1CN(C(=O)c2c[nH]c3ccc([N+](=O)[O-])cc23)CCO1. The molecule has 1 aromatic carbocycles. The molecular formula is C15H15N3O6. The van der Waals surface area contributed by atoms with Crippen molar-refractivity contribution in [1.29, 1.82) is 0 Å². The molecule has 2 N–H and O–H groups in total. The molecular weight excluding hydrogens is 318 g/mol. The number of nitro benzene ring substituents is 1. The standard InChI is InChI=1S/C15H15N3O6/c19-14(20)6-10-8-17(3-4-24-10)15(21)12-7-16-13-2-1-9(18(22)23)5-11(12)13/h1-2,5,7,10,16H,3-4,6,8H2,(H,19,20). The normalized spacial score (nSPS) is 17.8. The van der Waals surface area contributed by atoms with Crippen LogP contribution in [0, 0.1) is 10.1 Å². The van der Waals surface area contributed by atoms with E-state index in [1.54, 1.807) is 6.07 Å². The van der Waals surface area contributed by atoms with Gasteiger partial charge in [-0.05, 0) is 6.07 Å². The second kappa shape index (κ2) is 6.28. The average Bonchev–Trinajstić information content (AvgIpc) is 2.96. The number of rotatable bonds is 4. The predicted molar refractivity (Wildman–Crippen MR) is 82.8 cm³/mol. The number of carbonyl (C=O) groups is 2. The van der Waals surface area contributed by atoms with Crippen LogP contribution in [0.5, 0.6) is 0 Å². The summed E-state index contributed by atoms with van der Waals surface area (Å²) in [5, 5.41) is 20.2. The van der Waals surface area contributed by atoms with Crippen LogP contribution in [-0.4, -0.2) is 57.6 Å². The molecule has 24 heavy (non-hydrogen) atoms. The van der Waals surface area contributed by atoms with Crippen LogP contribution in [0.15, 0.2) is 24.4 Å². The second-order valence-corrected chi connectivity index (χ2v) is 5.53. The monoisotopic (exact) mass is 333 g/mol. The molecule has 0 bridgehead atoms. The number of carbonyl (C=O) groups excluding carboxylic acids is 1. The number of aromatic amines is 1. The van der Waals surface area contributed by atoms with Gasteiger partial charge in [0, 0.05) is 42.3 Å². The number of nitro groups is 1. The molecule has 1 fully saturated rings. The molecule has 9 heteroatoms. The van der Waals surface area contributed by atoms with Crippen LogP contribution in [0.2, 0.25) is 0 Å². The van der Waals surface area contributed by atoms with Crippen LogP contribution in [0.4, 0.5) is 5.69 Å². The number of benzene rings is 1. The Kier molecular flexibility index (Phi) is 4.17. The van der Waals surface area contributed by atoms with Gasteiger partial charge in [0.05, 0.1) is 29.6 Å². The Hall–Kier alpha value is -2.94. The highest BCUT2D eigenvalue weighted by Crippen LogP contribution is 2.25. The molecule has 1 saturated heterocycles. The van der Waals surface area contributed by atoms with Crippen molar-refractivity contribution in [3.8, 4) is 0 Å². The molecule has 0 aliphatic carbocycles. The number of carboxylic acids is 1. The molecule has 0 saturated carbocycles. The summed E-state index contributed by atoms with van der Waals surface area (Å²) in [6.45, 7) is 0.773. The Bertz CT molecular complexity index is 815. The van der Waals surface area contributed by atoms with Gasteiger partial charge in [-0.1, -0.05) is 0 Å². The number of morpholine rings is 1. The second-order valence-electron chi connectivity index (χ2n) is 5.53. The zero-order valence-corrected chi connectivity index (χ0v) is 12.6. The lowest BCUT2D eigenvalue weighted by molar-refractivity contribution is -0.384. The van der Waals surface area contributed by atoms with Gasteiger partial charge in [0.15, 0.2) is 0 Å². The van der Waals surface area contributed by atoms with E-state index < -0.39 is 17.0 Å². The number of H-pyrrole nitrogens is 1. The Morgan fingerprint density at radius 3 is 2.96 bits per heavy atom. The number of ether oxygens (including phenoxy) is 1. The molecule has 1 aliphatic rings. The summed E-state index contributed by atoms with van der Waals surface area (Å²) in [5.41, 5.74) is 0.853. The Balaban J connectivity index is 1.86. The van der Waals surface area contributed by atoms with Gasteiger partial charge in [-0.15, -0.1) is 0 Å². The molecule has 3 rings (SSSR count). The summed E-state index contributed by atoms with van der Waals surface area (Å²) in [7, 11) is 0. The molecule has 1 aromatic heterocycles. The summed E-state index contributed by atoms with van der Waals surface area (Å²) >= 11 is 0. The number of carboxylic acid groups (broad SMARTS) is 1. The molecule has 2 aromatic rings. The average molecular weight is 333 g/mol. The van der Waals surface area contributed by atoms with E-state index in [2.05, 4.69) is 4.98 Å². The van der Waals surface area contributed by atoms with Crippen molar-refractivity contribution in [3.05, 3.63) is 40.1 Å². The maximum absolute atomic E-state index is 12.7. The van der Waals surface area contributed by atoms with E-state index in [-0.39, 0.29) is 31.2 Å². The van der Waals surface area contributed by atoms with Crippen LogP contribution >= 0.6 is 0 Å². The van der Waals surface area contributed by atoms with Gasteiger partial charge in [-0.25, -0.2) is 0 Å². The summed E-state index contributed by atoms with van der Waals surface area (Å²) < 4.78 is 5.35. The molecule has 1 amide bonds. The third kappa shape index (κ3) is 3.06. The lowest BCUT2D eigenvalue weighted by Gasteiger charge is -2.32. The van der Waals surface area contributed by atoms with Crippen LogP contribution in [0.1, 0.15) is 16.8 Å². The minimum absolute atomic E-state index is 0.0955. The van der Waals surface area contributed by atoms with Gasteiger partial charge in [0.25, 0.3) is 11.6 Å². The van der Waals surface area contributed by atoms with Gasteiger partial charge in [0.1, 0.15) is 0 Å². The third-order valence-corrected chi connectivity index (χ3v) is 3.93. The first-order valence-corrected chi connectivity index (χ1v) is 7.34. The first-order valence-electron chi connectivity index (χ1n) is 7.34. The highest BCUT2D eigenvalue weighted by atomic mass is 16.6. The largest absolute Gasteiger partial charge is 0.481 e. The molecule has 9 nitrogen and oxygen atoms in total. The van der Waals surface area contributed by atoms with E-state index in [0.717, 1.165) is 0 Å². The van der Waals surface area contributed by atoms with Crippen LogP contribution in [0.3, 0.4) is 0 Å². The van der Waals surface area contributed by atoms with E-state index in [9.17, 15) is 19.7 Å².